The van der Waals surface area contributed by atoms with Crippen molar-refractivity contribution in [2.24, 2.45) is 0 Å². The molecule has 0 spiro atoms. The third-order valence-corrected chi connectivity index (χ3v) is 6.44. The summed E-state index contributed by atoms with van der Waals surface area (Å²) >= 11 is 0. The summed E-state index contributed by atoms with van der Waals surface area (Å²) in [7, 11) is -3.21. The van der Waals surface area contributed by atoms with Crippen LogP contribution in [0.5, 0.6) is 5.75 Å². The second kappa shape index (κ2) is 8.40. The van der Waals surface area contributed by atoms with Gasteiger partial charge in [-0.15, -0.1) is 0 Å². The lowest BCUT2D eigenvalue weighted by atomic mass is 10.0. The van der Waals surface area contributed by atoms with Gasteiger partial charge in [0.05, 0.1) is 11.4 Å². The average molecular weight is 434 g/mol. The molecule has 0 bridgehead atoms. The van der Waals surface area contributed by atoms with Gasteiger partial charge in [0.25, 0.3) is 5.91 Å². The lowest BCUT2D eigenvalue weighted by Crippen LogP contribution is -2.34. The number of fused-ring (bicyclic) bond motifs is 1. The Bertz CT molecular complexity index is 1230. The van der Waals surface area contributed by atoms with Crippen molar-refractivity contribution in [3.05, 3.63) is 90.0 Å². The molecule has 1 unspecified atom stereocenters. The van der Waals surface area contributed by atoms with E-state index in [4.69, 9.17) is 4.74 Å². The van der Waals surface area contributed by atoms with Gasteiger partial charge in [-0.25, -0.2) is 8.42 Å². The summed E-state index contributed by atoms with van der Waals surface area (Å²) in [6.07, 6.45) is 3.50. The van der Waals surface area contributed by atoms with Crippen molar-refractivity contribution < 1.29 is 17.9 Å². The van der Waals surface area contributed by atoms with Crippen LogP contribution in [0.15, 0.2) is 78.2 Å². The van der Waals surface area contributed by atoms with Crippen molar-refractivity contribution in [3.8, 4) is 16.9 Å². The van der Waals surface area contributed by atoms with Crippen molar-refractivity contribution in [1.29, 1.82) is 0 Å². The first-order valence-corrected chi connectivity index (χ1v) is 11.8. The maximum atomic E-state index is 12.4. The lowest BCUT2D eigenvalue weighted by molar-refractivity contribution is 0.0933. The maximum Gasteiger partial charge on any atom is 0.251 e. The first kappa shape index (κ1) is 20.9. The number of carbonyl (C=O) groups excluding carboxylic acids is 1. The molecule has 5 nitrogen and oxygen atoms in total. The fraction of sp³-hybridized carbons (Fsp3) is 0.160. The number of carbonyl (C=O) groups is 1. The van der Waals surface area contributed by atoms with E-state index in [1.807, 2.05) is 36.4 Å². The van der Waals surface area contributed by atoms with E-state index in [1.165, 1.54) is 6.26 Å². The SMILES string of the molecule is C=Cc1ccc(C(=O)NCC2Cc3cc(-c4ccc(S(C)(=O)=O)cc4)ccc3O2)cc1. The topological polar surface area (TPSA) is 72.5 Å². The van der Waals surface area contributed by atoms with Crippen molar-refractivity contribution >= 4 is 21.8 Å². The van der Waals surface area contributed by atoms with Gasteiger partial charge in [-0.2, -0.15) is 0 Å². The average Bonchev–Trinajstić information content (AvgIpc) is 3.19. The van der Waals surface area contributed by atoms with Crippen LogP contribution in [-0.4, -0.2) is 33.2 Å². The summed E-state index contributed by atoms with van der Waals surface area (Å²) in [6.45, 7) is 4.12. The number of amides is 1. The molecule has 1 amide bonds. The molecular formula is C25H23NO4S. The Morgan fingerprint density at radius 2 is 1.74 bits per heavy atom. The van der Waals surface area contributed by atoms with E-state index >= 15 is 0 Å². The molecule has 1 aliphatic heterocycles. The Kier molecular flexibility index (Phi) is 5.65. The van der Waals surface area contributed by atoms with E-state index in [0.717, 1.165) is 28.0 Å². The molecule has 1 aliphatic rings. The van der Waals surface area contributed by atoms with Gasteiger partial charge in [0.2, 0.25) is 0 Å². The number of sulfone groups is 1. The third kappa shape index (κ3) is 4.70. The molecule has 3 aromatic rings. The predicted octanol–water partition coefficient (Wildman–Crippen LogP) is 4.13. The molecule has 1 heterocycles. The van der Waals surface area contributed by atoms with Gasteiger partial charge in [-0.3, -0.25) is 4.79 Å². The minimum absolute atomic E-state index is 0.130. The van der Waals surface area contributed by atoms with Crippen LogP contribution >= 0.6 is 0 Å². The van der Waals surface area contributed by atoms with Crippen molar-refractivity contribution in [2.45, 2.75) is 17.4 Å². The number of ether oxygens (including phenoxy) is 1. The molecule has 0 radical (unpaired) electrons. The van der Waals surface area contributed by atoms with E-state index in [1.54, 1.807) is 30.3 Å². The molecule has 1 N–H and O–H groups in total. The molecule has 158 valence electrons. The summed E-state index contributed by atoms with van der Waals surface area (Å²) in [5, 5.41) is 2.93. The molecule has 3 aromatic carbocycles. The zero-order valence-corrected chi connectivity index (χ0v) is 18.0. The zero-order valence-electron chi connectivity index (χ0n) is 17.2. The van der Waals surface area contributed by atoms with Crippen LogP contribution in [0.4, 0.5) is 0 Å². The van der Waals surface area contributed by atoms with Gasteiger partial charge >= 0.3 is 0 Å². The second-order valence-corrected chi connectivity index (χ2v) is 9.61. The molecule has 0 aromatic heterocycles. The summed E-state index contributed by atoms with van der Waals surface area (Å²) < 4.78 is 29.3. The summed E-state index contributed by atoms with van der Waals surface area (Å²) in [5.41, 5.74) is 4.57. The minimum Gasteiger partial charge on any atom is -0.488 e. The van der Waals surface area contributed by atoms with Crippen LogP contribution in [0.2, 0.25) is 0 Å². The number of hydrogen-bond acceptors (Lipinski definition) is 4. The predicted molar refractivity (Wildman–Crippen MR) is 122 cm³/mol. The Hall–Kier alpha value is -3.38. The molecule has 6 heteroatoms. The van der Waals surface area contributed by atoms with Gasteiger partial charge in [0, 0.05) is 18.2 Å². The van der Waals surface area contributed by atoms with Crippen LogP contribution in [0.25, 0.3) is 17.2 Å². The quantitative estimate of drug-likeness (QED) is 0.634. The molecule has 0 fully saturated rings. The minimum atomic E-state index is -3.21. The van der Waals surface area contributed by atoms with Crippen LogP contribution < -0.4 is 10.1 Å². The van der Waals surface area contributed by atoms with Crippen molar-refractivity contribution in [1.82, 2.24) is 5.32 Å². The van der Waals surface area contributed by atoms with E-state index in [0.29, 0.717) is 23.4 Å². The summed E-state index contributed by atoms with van der Waals surface area (Å²) in [4.78, 5) is 12.7. The van der Waals surface area contributed by atoms with Crippen molar-refractivity contribution in [3.63, 3.8) is 0 Å². The first-order valence-electron chi connectivity index (χ1n) is 9.94. The number of benzene rings is 3. The molecule has 1 atom stereocenters. The highest BCUT2D eigenvalue weighted by atomic mass is 32.2. The van der Waals surface area contributed by atoms with Gasteiger partial charge in [0.1, 0.15) is 11.9 Å². The number of hydrogen-bond donors (Lipinski definition) is 1. The first-order chi connectivity index (χ1) is 14.8. The Labute approximate surface area is 182 Å². The summed E-state index contributed by atoms with van der Waals surface area (Å²) in [5.74, 6) is 0.674. The van der Waals surface area contributed by atoms with E-state index in [2.05, 4.69) is 18.0 Å². The van der Waals surface area contributed by atoms with Gasteiger partial charge < -0.3 is 10.1 Å². The van der Waals surface area contributed by atoms with Crippen molar-refractivity contribution in [2.75, 3.05) is 12.8 Å². The van der Waals surface area contributed by atoms with Gasteiger partial charge in [0.15, 0.2) is 9.84 Å². The largest absolute Gasteiger partial charge is 0.488 e. The number of nitrogens with one attached hydrogen (secondary N) is 1. The molecule has 0 saturated carbocycles. The van der Waals surface area contributed by atoms with E-state index in [9.17, 15) is 13.2 Å². The normalized spacial score (nSPS) is 15.1. The highest BCUT2D eigenvalue weighted by Gasteiger charge is 2.24. The fourth-order valence-corrected chi connectivity index (χ4v) is 4.22. The Balaban J connectivity index is 1.40. The Morgan fingerprint density at radius 1 is 1.06 bits per heavy atom. The third-order valence-electron chi connectivity index (χ3n) is 5.32. The molecule has 31 heavy (non-hydrogen) atoms. The molecule has 0 aliphatic carbocycles. The van der Waals surface area contributed by atoms with Crippen LogP contribution in [-0.2, 0) is 16.3 Å². The highest BCUT2D eigenvalue weighted by molar-refractivity contribution is 7.90. The monoisotopic (exact) mass is 433 g/mol. The zero-order chi connectivity index (χ0) is 22.0. The number of rotatable bonds is 6. The van der Waals surface area contributed by atoms with Crippen LogP contribution in [0.1, 0.15) is 21.5 Å². The molecular weight excluding hydrogens is 410 g/mol. The Morgan fingerprint density at radius 3 is 2.39 bits per heavy atom. The molecule has 4 rings (SSSR count). The highest BCUT2D eigenvalue weighted by Crippen LogP contribution is 2.33. The smallest absolute Gasteiger partial charge is 0.251 e. The summed E-state index contributed by atoms with van der Waals surface area (Å²) in [6, 6.07) is 20.1. The van der Waals surface area contributed by atoms with Crippen LogP contribution in [0, 0.1) is 0 Å². The lowest BCUT2D eigenvalue weighted by Gasteiger charge is -2.12. The van der Waals surface area contributed by atoms with Gasteiger partial charge in [-0.1, -0.05) is 43.0 Å². The molecule has 0 saturated heterocycles. The van der Waals surface area contributed by atoms with Gasteiger partial charge in [-0.05, 0) is 58.7 Å². The van der Waals surface area contributed by atoms with E-state index < -0.39 is 9.84 Å². The maximum absolute atomic E-state index is 12.4. The standard InChI is InChI=1S/C25H23NO4S/c1-3-17-4-6-19(7-5-17)25(27)26-16-22-15-21-14-20(10-13-24(21)30-22)18-8-11-23(12-9-18)31(2,28)29/h3-14,22H,1,15-16H2,2H3,(H,26,27). The van der Waals surface area contributed by atoms with E-state index in [-0.39, 0.29) is 12.0 Å². The fourth-order valence-electron chi connectivity index (χ4n) is 3.59. The van der Waals surface area contributed by atoms with Crippen LogP contribution in [0.3, 0.4) is 0 Å². The second-order valence-electron chi connectivity index (χ2n) is 7.60.